The van der Waals surface area contributed by atoms with Crippen molar-refractivity contribution in [3.63, 3.8) is 0 Å². The minimum atomic E-state index is -1.56. The maximum absolute atomic E-state index is 13.1. The molecule has 0 unspecified atom stereocenters. The zero-order chi connectivity index (χ0) is 18.6. The molecule has 1 nitrogen and oxygen atoms in total. The van der Waals surface area contributed by atoms with Crippen LogP contribution in [0, 0.1) is 21.7 Å². The highest BCUT2D eigenvalue weighted by Gasteiger charge is 2.56. The second-order valence-electron chi connectivity index (χ2n) is 9.56. The van der Waals surface area contributed by atoms with Crippen LogP contribution in [0.2, 0.25) is 0 Å². The molecule has 0 aromatic rings. The number of hydrogen-bond donors (Lipinski definition) is 0. The first-order valence-electron chi connectivity index (χ1n) is 7.93. The lowest BCUT2D eigenvalue weighted by Crippen LogP contribution is -2.48. The molecule has 0 saturated carbocycles. The Kier molecular flexibility index (Phi) is 5.30. The summed E-state index contributed by atoms with van der Waals surface area (Å²) in [7, 11) is 0. The molecular weight excluding hydrogens is 351 g/mol. The molecule has 4 heteroatoms. The highest BCUT2D eigenvalue weighted by molar-refractivity contribution is 6.68. The number of hydrogen-bond acceptors (Lipinski definition) is 1. The van der Waals surface area contributed by atoms with Crippen molar-refractivity contribution in [2.24, 2.45) is 21.7 Å². The van der Waals surface area contributed by atoms with E-state index in [-0.39, 0.29) is 22.0 Å². The van der Waals surface area contributed by atoms with Crippen LogP contribution in [0.3, 0.4) is 0 Å². The van der Waals surface area contributed by atoms with E-state index >= 15 is 0 Å². The third-order valence-electron chi connectivity index (χ3n) is 4.56. The summed E-state index contributed by atoms with van der Waals surface area (Å²) in [5, 5.41) is 0. The number of ketones is 1. The number of halogens is 3. The third-order valence-corrected chi connectivity index (χ3v) is 5.50. The van der Waals surface area contributed by atoms with Crippen molar-refractivity contribution in [1.29, 1.82) is 0 Å². The van der Waals surface area contributed by atoms with Crippen molar-refractivity contribution in [1.82, 2.24) is 0 Å². The van der Waals surface area contributed by atoms with Gasteiger partial charge >= 0.3 is 0 Å². The van der Waals surface area contributed by atoms with Gasteiger partial charge in [-0.1, -0.05) is 109 Å². The van der Waals surface area contributed by atoms with Gasteiger partial charge in [-0.25, -0.2) is 0 Å². The van der Waals surface area contributed by atoms with Crippen LogP contribution in [0.15, 0.2) is 23.3 Å². The van der Waals surface area contributed by atoms with Crippen LogP contribution in [0.5, 0.6) is 0 Å². The molecule has 0 aliphatic heterocycles. The topological polar surface area (TPSA) is 17.1 Å². The van der Waals surface area contributed by atoms with Gasteiger partial charge < -0.3 is 0 Å². The molecule has 23 heavy (non-hydrogen) atoms. The number of Topliss-reactive ketones (excluding diaryl/α,β-unsaturated/α-hetero) is 1. The fraction of sp³-hybridized carbons (Fsp3) is 0.737. The molecule has 0 N–H and O–H groups in total. The van der Waals surface area contributed by atoms with Gasteiger partial charge in [0, 0.05) is 11.1 Å². The van der Waals surface area contributed by atoms with E-state index in [4.69, 9.17) is 34.8 Å². The van der Waals surface area contributed by atoms with E-state index in [1.54, 1.807) is 0 Å². The van der Waals surface area contributed by atoms with Crippen LogP contribution in [0.4, 0.5) is 0 Å². The Balaban J connectivity index is 3.89. The predicted molar refractivity (Wildman–Crippen MR) is 102 cm³/mol. The van der Waals surface area contributed by atoms with Crippen molar-refractivity contribution in [3.8, 4) is 0 Å². The van der Waals surface area contributed by atoms with Gasteiger partial charge in [0.2, 0.25) is 3.79 Å². The van der Waals surface area contributed by atoms with Gasteiger partial charge in [-0.2, -0.15) is 0 Å². The molecule has 0 bridgehead atoms. The molecule has 1 aliphatic rings. The first-order valence-corrected chi connectivity index (χ1v) is 9.06. The smallest absolute Gasteiger partial charge is 0.203 e. The molecule has 0 fully saturated rings. The van der Waals surface area contributed by atoms with E-state index < -0.39 is 9.21 Å². The van der Waals surface area contributed by atoms with E-state index in [2.05, 4.69) is 0 Å². The van der Waals surface area contributed by atoms with Crippen LogP contribution >= 0.6 is 34.8 Å². The second-order valence-corrected chi connectivity index (χ2v) is 11.8. The van der Waals surface area contributed by atoms with Gasteiger partial charge in [-0.15, -0.1) is 0 Å². The number of carbonyl (C=O) groups excluding carboxylic acids is 1. The Morgan fingerprint density at radius 2 is 1.04 bits per heavy atom. The lowest BCUT2D eigenvalue weighted by Gasteiger charge is -2.50. The fourth-order valence-corrected chi connectivity index (χ4v) is 4.09. The normalized spacial score (nSPS) is 20.3. The Morgan fingerprint density at radius 3 is 1.22 bits per heavy atom. The van der Waals surface area contributed by atoms with Gasteiger partial charge in [-0.05, 0) is 16.2 Å². The van der Waals surface area contributed by atoms with E-state index in [1.165, 1.54) is 0 Å². The fourth-order valence-electron chi connectivity index (χ4n) is 2.91. The van der Waals surface area contributed by atoms with Crippen molar-refractivity contribution in [3.05, 3.63) is 23.3 Å². The average Bonchev–Trinajstić information content (AvgIpc) is 2.22. The summed E-state index contributed by atoms with van der Waals surface area (Å²) in [6.45, 7) is 18.3. The molecule has 0 amide bonds. The lowest BCUT2D eigenvalue weighted by molar-refractivity contribution is -0.114. The summed E-state index contributed by atoms with van der Waals surface area (Å²) in [4.78, 5) is 13.1. The number of allylic oxidation sites excluding steroid dienone is 4. The van der Waals surface area contributed by atoms with Crippen LogP contribution < -0.4 is 0 Å². The molecule has 1 rings (SSSR count). The summed E-state index contributed by atoms with van der Waals surface area (Å²) >= 11 is 19.4. The van der Waals surface area contributed by atoms with E-state index in [9.17, 15) is 4.79 Å². The molecule has 0 atom stereocenters. The second kappa shape index (κ2) is 5.78. The number of alkyl halides is 3. The minimum absolute atomic E-state index is 0.0547. The molecule has 0 saturated heterocycles. The maximum atomic E-state index is 13.1. The Bertz CT molecular complexity index is 505. The first kappa shape index (κ1) is 21.1. The van der Waals surface area contributed by atoms with Crippen molar-refractivity contribution >= 4 is 40.6 Å². The van der Waals surface area contributed by atoms with E-state index in [0.29, 0.717) is 11.1 Å². The zero-order valence-electron chi connectivity index (χ0n) is 15.7. The summed E-state index contributed by atoms with van der Waals surface area (Å²) in [6.07, 6.45) is 3.80. The van der Waals surface area contributed by atoms with Crippen LogP contribution in [-0.4, -0.2) is 9.58 Å². The average molecular weight is 380 g/mol. The number of rotatable bonds is 0. The molecule has 1 aliphatic carbocycles. The molecule has 0 heterocycles. The van der Waals surface area contributed by atoms with Crippen LogP contribution in [0.1, 0.15) is 62.3 Å². The lowest BCUT2D eigenvalue weighted by atomic mass is 9.59. The monoisotopic (exact) mass is 378 g/mol. The number of carbonyl (C=O) groups is 1. The van der Waals surface area contributed by atoms with Crippen LogP contribution in [-0.2, 0) is 4.79 Å². The van der Waals surface area contributed by atoms with E-state index in [1.807, 2.05) is 74.5 Å². The van der Waals surface area contributed by atoms with Crippen molar-refractivity contribution in [2.45, 2.75) is 66.1 Å². The van der Waals surface area contributed by atoms with Gasteiger partial charge in [0.1, 0.15) is 0 Å². The first-order chi connectivity index (χ1) is 9.84. The Morgan fingerprint density at radius 1 is 0.739 bits per heavy atom. The summed E-state index contributed by atoms with van der Waals surface area (Å²) < 4.78 is -1.56. The molecule has 0 radical (unpaired) electrons. The summed E-state index contributed by atoms with van der Waals surface area (Å²) in [6, 6.07) is 0. The highest BCUT2D eigenvalue weighted by atomic mass is 35.6. The quantitative estimate of drug-likeness (QED) is 0.417. The van der Waals surface area contributed by atoms with Gasteiger partial charge in [0.15, 0.2) is 5.78 Å². The Hall–Kier alpha value is 0.0200. The summed E-state index contributed by atoms with van der Waals surface area (Å²) in [5.41, 5.74) is -0.449. The SMILES string of the molecule is CC(C)(C)C1=CC(C(C)(C)C)(C(Cl)(Cl)Cl)C=C(C(C)(C)C)C1=O. The van der Waals surface area contributed by atoms with Crippen molar-refractivity contribution in [2.75, 3.05) is 0 Å². The molecule has 0 aromatic carbocycles. The van der Waals surface area contributed by atoms with Crippen molar-refractivity contribution < 1.29 is 4.79 Å². The predicted octanol–water partition coefficient (Wildman–Crippen LogP) is 6.92. The standard InChI is InChI=1S/C19H29Cl3O/c1-15(2,3)12-10-18(17(7,8)9,19(20,21)22)11-13(14(12)23)16(4,5)6/h10-11H,1-9H3. The van der Waals surface area contributed by atoms with Gasteiger partial charge in [0.25, 0.3) is 0 Å². The van der Waals surface area contributed by atoms with Gasteiger partial charge in [0.05, 0.1) is 5.41 Å². The Labute approximate surface area is 156 Å². The van der Waals surface area contributed by atoms with Crippen LogP contribution in [0.25, 0.3) is 0 Å². The zero-order valence-corrected chi connectivity index (χ0v) is 18.0. The van der Waals surface area contributed by atoms with Gasteiger partial charge in [-0.3, -0.25) is 4.79 Å². The third kappa shape index (κ3) is 3.83. The van der Waals surface area contributed by atoms with E-state index in [0.717, 1.165) is 0 Å². The molecule has 132 valence electrons. The highest BCUT2D eigenvalue weighted by Crippen LogP contribution is 2.61. The summed E-state index contributed by atoms with van der Waals surface area (Å²) in [5.74, 6) is 0.0547. The minimum Gasteiger partial charge on any atom is -0.289 e. The molecular formula is C19H29Cl3O. The molecule has 0 spiro atoms. The molecule has 0 aromatic heterocycles. The largest absolute Gasteiger partial charge is 0.289 e. The maximum Gasteiger partial charge on any atom is 0.203 e.